The first-order chi connectivity index (χ1) is 23.8. The molecule has 5 aromatic rings. The number of nitrogens with one attached hydrogen (secondary N) is 1. The fourth-order valence-electron chi connectivity index (χ4n) is 5.37. The SMILES string of the molecule is CC(C)NCC(COc1cc2c3c(=O)c(c(-c4ccccc4)oc3c1)OC(=O)/C=C\C(=O)O2)OC(=O)C(c1ccccc1)c1ccccc1. The van der Waals surface area contributed by atoms with Crippen LogP contribution in [-0.2, 0) is 19.1 Å². The fraction of sp³-hybridized carbons (Fsp3) is 0.179. The van der Waals surface area contributed by atoms with Crippen molar-refractivity contribution >= 4 is 28.9 Å². The van der Waals surface area contributed by atoms with Crippen LogP contribution in [0.1, 0.15) is 30.9 Å². The number of carbonyl (C=O) groups excluding carboxylic acids is 3. The van der Waals surface area contributed by atoms with Gasteiger partial charge in [0.15, 0.2) is 5.76 Å². The number of benzene rings is 4. The molecule has 1 aromatic heterocycles. The lowest BCUT2D eigenvalue weighted by molar-refractivity contribution is -0.151. The van der Waals surface area contributed by atoms with Crippen LogP contribution in [0.5, 0.6) is 17.2 Å². The van der Waals surface area contributed by atoms with E-state index in [0.717, 1.165) is 23.3 Å². The molecule has 10 heteroatoms. The van der Waals surface area contributed by atoms with Crippen molar-refractivity contribution < 1.29 is 37.7 Å². The number of hydrogen-bond acceptors (Lipinski definition) is 10. The van der Waals surface area contributed by atoms with E-state index < -0.39 is 35.4 Å². The molecule has 2 bridgehead atoms. The third-order valence-electron chi connectivity index (χ3n) is 7.67. The third kappa shape index (κ3) is 7.77. The molecule has 4 aromatic carbocycles. The highest BCUT2D eigenvalue weighted by Gasteiger charge is 2.29. The lowest BCUT2D eigenvalue weighted by Gasteiger charge is -2.24. The van der Waals surface area contributed by atoms with Crippen molar-refractivity contribution in [2.75, 3.05) is 13.2 Å². The number of hydrogen-bond donors (Lipinski definition) is 1. The first-order valence-electron chi connectivity index (χ1n) is 15.8. The Kier molecular flexibility index (Phi) is 9.96. The highest BCUT2D eigenvalue weighted by molar-refractivity contribution is 5.98. The van der Waals surface area contributed by atoms with Crippen molar-refractivity contribution in [3.05, 3.63) is 137 Å². The van der Waals surface area contributed by atoms with Crippen molar-refractivity contribution in [2.24, 2.45) is 0 Å². The van der Waals surface area contributed by atoms with E-state index in [-0.39, 0.29) is 53.2 Å². The molecule has 0 fully saturated rings. The summed E-state index contributed by atoms with van der Waals surface area (Å²) in [6.45, 7) is 4.14. The summed E-state index contributed by atoms with van der Waals surface area (Å²) in [6.07, 6.45) is 1.03. The largest absolute Gasteiger partial charge is 0.489 e. The number of esters is 3. The molecule has 6 rings (SSSR count). The number of rotatable bonds is 11. The molecular weight excluding hydrogens is 626 g/mol. The second kappa shape index (κ2) is 14.8. The summed E-state index contributed by atoms with van der Waals surface area (Å²) in [5.41, 5.74) is 1.36. The van der Waals surface area contributed by atoms with Gasteiger partial charge in [0.2, 0.25) is 11.2 Å². The van der Waals surface area contributed by atoms with Gasteiger partial charge in [0.25, 0.3) is 0 Å². The maximum atomic E-state index is 13.8. The lowest BCUT2D eigenvalue weighted by atomic mass is 9.91. The molecule has 0 radical (unpaired) electrons. The van der Waals surface area contributed by atoms with E-state index >= 15 is 0 Å². The molecule has 1 N–H and O–H groups in total. The Hall–Kier alpha value is -6.00. The van der Waals surface area contributed by atoms with Gasteiger partial charge in [0.05, 0.1) is 0 Å². The van der Waals surface area contributed by atoms with Crippen LogP contribution in [0.4, 0.5) is 0 Å². The van der Waals surface area contributed by atoms with Crippen LogP contribution in [0.3, 0.4) is 0 Å². The van der Waals surface area contributed by atoms with Gasteiger partial charge in [-0.2, -0.15) is 0 Å². The Morgan fingerprint density at radius 3 is 1.98 bits per heavy atom. The normalized spacial score (nSPS) is 14.0. The summed E-state index contributed by atoms with van der Waals surface area (Å²) < 4.78 is 29.3. The Morgan fingerprint density at radius 2 is 1.37 bits per heavy atom. The van der Waals surface area contributed by atoms with Crippen LogP contribution in [0.2, 0.25) is 0 Å². The molecule has 1 atom stereocenters. The lowest BCUT2D eigenvalue weighted by Crippen LogP contribution is -2.39. The minimum Gasteiger partial charge on any atom is -0.489 e. The molecule has 1 unspecified atom stereocenters. The Bertz CT molecular complexity index is 2020. The standard InChI is InChI=1S/C39H33NO9/c1-24(2)40-22-29(46-39(44)34(25-12-6-3-7-13-25)26-14-8-4-9-15-26)23-45-28-20-30-35-31(21-28)48-37(27-16-10-5-11-17-27)38(36(35)43)49-33(42)19-18-32(41)47-30/h3-21,24,29,34,40H,22-23H2,1-2H3/b19-18-. The van der Waals surface area contributed by atoms with Crippen molar-refractivity contribution in [2.45, 2.75) is 31.9 Å². The van der Waals surface area contributed by atoms with E-state index in [1.54, 1.807) is 30.3 Å². The van der Waals surface area contributed by atoms with Crippen molar-refractivity contribution in [3.8, 4) is 28.6 Å². The predicted octanol–water partition coefficient (Wildman–Crippen LogP) is 5.96. The second-order valence-electron chi connectivity index (χ2n) is 11.6. The third-order valence-corrected chi connectivity index (χ3v) is 7.67. The van der Waals surface area contributed by atoms with Crippen molar-refractivity contribution in [1.29, 1.82) is 0 Å². The van der Waals surface area contributed by atoms with Gasteiger partial charge in [-0.3, -0.25) is 9.59 Å². The average Bonchev–Trinajstić information content (AvgIpc) is 3.10. The first-order valence-corrected chi connectivity index (χ1v) is 15.8. The molecule has 0 saturated heterocycles. The smallest absolute Gasteiger partial charge is 0.336 e. The summed E-state index contributed by atoms with van der Waals surface area (Å²) >= 11 is 0. The van der Waals surface area contributed by atoms with E-state index in [1.165, 1.54) is 12.1 Å². The minimum atomic E-state index is -0.943. The maximum Gasteiger partial charge on any atom is 0.336 e. The molecular formula is C39H33NO9. The van der Waals surface area contributed by atoms with Crippen LogP contribution < -0.4 is 25.0 Å². The zero-order valence-corrected chi connectivity index (χ0v) is 26.8. The molecule has 10 nitrogen and oxygen atoms in total. The summed E-state index contributed by atoms with van der Waals surface area (Å²) in [5, 5.41) is 3.19. The Morgan fingerprint density at radius 1 is 0.776 bits per heavy atom. The zero-order valence-electron chi connectivity index (χ0n) is 26.8. The topological polar surface area (TPSA) is 130 Å². The van der Waals surface area contributed by atoms with E-state index in [0.29, 0.717) is 5.56 Å². The average molecular weight is 660 g/mol. The van der Waals surface area contributed by atoms with Crippen LogP contribution >= 0.6 is 0 Å². The number of carbonyl (C=O) groups is 3. The van der Waals surface area contributed by atoms with E-state index in [2.05, 4.69) is 5.32 Å². The number of fused-ring (bicyclic) bond motifs is 1. The van der Waals surface area contributed by atoms with Crippen molar-refractivity contribution in [3.63, 3.8) is 0 Å². The summed E-state index contributed by atoms with van der Waals surface area (Å²) in [5.74, 6) is -3.29. The Balaban J connectivity index is 1.35. The molecule has 248 valence electrons. The maximum absolute atomic E-state index is 13.8. The molecule has 2 heterocycles. The molecule has 0 amide bonds. The van der Waals surface area contributed by atoms with Gasteiger partial charge in [-0.15, -0.1) is 0 Å². The summed E-state index contributed by atoms with van der Waals surface area (Å²) in [6, 6.07) is 30.4. The first kappa shape index (κ1) is 32.9. The molecule has 0 spiro atoms. The van der Waals surface area contributed by atoms with Gasteiger partial charge in [0.1, 0.15) is 41.1 Å². The highest BCUT2D eigenvalue weighted by Crippen LogP contribution is 2.37. The second-order valence-corrected chi connectivity index (χ2v) is 11.6. The van der Waals surface area contributed by atoms with E-state index in [9.17, 15) is 19.2 Å². The van der Waals surface area contributed by atoms with Gasteiger partial charge < -0.3 is 28.7 Å². The van der Waals surface area contributed by atoms with Crippen LogP contribution in [-0.4, -0.2) is 43.2 Å². The monoisotopic (exact) mass is 659 g/mol. The van der Waals surface area contributed by atoms with Gasteiger partial charge in [-0.1, -0.05) is 105 Å². The molecule has 1 aliphatic rings. The van der Waals surface area contributed by atoms with Gasteiger partial charge in [-0.25, -0.2) is 9.59 Å². The summed E-state index contributed by atoms with van der Waals surface area (Å²) in [7, 11) is 0. The molecule has 1 aliphatic heterocycles. The van der Waals surface area contributed by atoms with Crippen LogP contribution in [0.15, 0.2) is 124 Å². The molecule has 0 saturated carbocycles. The zero-order chi connectivity index (χ0) is 34.3. The predicted molar refractivity (Wildman–Crippen MR) is 182 cm³/mol. The van der Waals surface area contributed by atoms with E-state index in [4.69, 9.17) is 23.4 Å². The molecule has 0 aliphatic carbocycles. The molecule has 49 heavy (non-hydrogen) atoms. The Labute approximate surface area is 281 Å². The van der Waals surface area contributed by atoms with E-state index in [1.807, 2.05) is 74.5 Å². The van der Waals surface area contributed by atoms with Crippen LogP contribution in [0.25, 0.3) is 22.3 Å². The van der Waals surface area contributed by atoms with Gasteiger partial charge in [-0.05, 0) is 11.1 Å². The highest BCUT2D eigenvalue weighted by atomic mass is 16.6. The van der Waals surface area contributed by atoms with Gasteiger partial charge >= 0.3 is 17.9 Å². The summed E-state index contributed by atoms with van der Waals surface area (Å²) in [4.78, 5) is 52.6. The van der Waals surface area contributed by atoms with Crippen molar-refractivity contribution in [1.82, 2.24) is 5.32 Å². The minimum absolute atomic E-state index is 0.00987. The van der Waals surface area contributed by atoms with Gasteiger partial charge in [0, 0.05) is 42.4 Å². The fourth-order valence-corrected chi connectivity index (χ4v) is 5.37. The quantitative estimate of drug-likeness (QED) is 0.134. The number of ether oxygens (including phenoxy) is 4. The van der Waals surface area contributed by atoms with Crippen LogP contribution in [0, 0.1) is 0 Å².